The number of aromatic amines is 1. The van der Waals surface area contributed by atoms with Crippen LogP contribution in [0.5, 0.6) is 0 Å². The van der Waals surface area contributed by atoms with Crippen molar-refractivity contribution in [2.45, 2.75) is 44.9 Å². The molecule has 0 spiro atoms. The zero-order valence-electron chi connectivity index (χ0n) is 17.6. The van der Waals surface area contributed by atoms with Crippen LogP contribution in [0.2, 0.25) is 0 Å². The lowest BCUT2D eigenvalue weighted by Gasteiger charge is -2.15. The van der Waals surface area contributed by atoms with Crippen molar-refractivity contribution in [2.75, 3.05) is 5.32 Å². The first kappa shape index (κ1) is 18.8. The van der Waals surface area contributed by atoms with Gasteiger partial charge in [0.15, 0.2) is 0 Å². The molecule has 2 heterocycles. The van der Waals surface area contributed by atoms with E-state index < -0.39 is 0 Å². The molecule has 2 aromatic heterocycles. The molecule has 0 bridgehead atoms. The number of hydrogen-bond acceptors (Lipinski definition) is 5. The second kappa shape index (κ2) is 7.34. The van der Waals surface area contributed by atoms with Crippen molar-refractivity contribution < 1.29 is 0 Å². The highest BCUT2D eigenvalue weighted by atomic mass is 16.1. The summed E-state index contributed by atoms with van der Waals surface area (Å²) in [5.74, 6) is 0.878. The number of anilines is 2. The zero-order chi connectivity index (χ0) is 21.7. The predicted octanol–water partition coefficient (Wildman–Crippen LogP) is 3.60. The minimum atomic E-state index is -0.203. The van der Waals surface area contributed by atoms with Crippen molar-refractivity contribution in [3.63, 3.8) is 0 Å². The highest BCUT2D eigenvalue weighted by molar-refractivity contribution is 5.70. The van der Waals surface area contributed by atoms with E-state index in [9.17, 15) is 4.79 Å². The van der Waals surface area contributed by atoms with Gasteiger partial charge in [-0.3, -0.25) is 9.89 Å². The van der Waals surface area contributed by atoms with E-state index in [2.05, 4.69) is 32.5 Å². The number of fused-ring (bicyclic) bond motifs is 3. The number of H-pyrrole nitrogens is 1. The van der Waals surface area contributed by atoms with Gasteiger partial charge in [0.25, 0.3) is 11.3 Å². The summed E-state index contributed by atoms with van der Waals surface area (Å²) in [6.07, 6.45) is 7.26. The average molecular weight is 422 g/mol. The molecule has 2 aliphatic rings. The number of hydrogen-bond donors (Lipinski definition) is 2. The Morgan fingerprint density at radius 3 is 2.56 bits per heavy atom. The first-order chi connectivity index (χ1) is 15.7. The third-order valence-electron chi connectivity index (χ3n) is 6.54. The fraction of sp³-hybridized carbons (Fsp3) is 0.280. The Kier molecular flexibility index (Phi) is 4.32. The minimum Gasteiger partial charge on any atom is -0.324 e. The van der Waals surface area contributed by atoms with Crippen LogP contribution >= 0.6 is 0 Å². The zero-order valence-corrected chi connectivity index (χ0v) is 17.6. The molecule has 0 atom stereocenters. The van der Waals surface area contributed by atoms with Crippen LogP contribution < -0.4 is 10.9 Å². The lowest BCUT2D eigenvalue weighted by molar-refractivity contribution is 0.881. The van der Waals surface area contributed by atoms with Gasteiger partial charge >= 0.3 is 0 Å². The van der Waals surface area contributed by atoms with Crippen LogP contribution in [0, 0.1) is 11.3 Å². The van der Waals surface area contributed by atoms with E-state index >= 15 is 0 Å². The van der Waals surface area contributed by atoms with Crippen molar-refractivity contribution in [1.29, 1.82) is 5.26 Å². The van der Waals surface area contributed by atoms with Crippen molar-refractivity contribution in [3.8, 4) is 6.07 Å². The van der Waals surface area contributed by atoms with Gasteiger partial charge in [-0.15, -0.1) is 0 Å². The molecular weight excluding hydrogens is 400 g/mol. The predicted molar refractivity (Wildman–Crippen MR) is 121 cm³/mol. The standard InChI is InChI=1S/C25H22N6O/c26-14-16-5-1-4-15(10-16)11-19-13-22(32)31-25(27-19)29-24(30-31)28-23-20-8-2-6-17(20)12-18-7-3-9-21(18)23/h1,4-5,10,12-13H,2-3,6-9,11H2,(H2,27,28,29,30). The van der Waals surface area contributed by atoms with Gasteiger partial charge in [0.05, 0.1) is 17.3 Å². The normalized spacial score (nSPS) is 14.3. The second-order valence-electron chi connectivity index (χ2n) is 8.64. The van der Waals surface area contributed by atoms with Gasteiger partial charge < -0.3 is 5.32 Å². The molecule has 6 rings (SSSR count). The average Bonchev–Trinajstić information content (AvgIpc) is 3.53. The second-order valence-corrected chi connectivity index (χ2v) is 8.64. The van der Waals surface area contributed by atoms with E-state index in [-0.39, 0.29) is 5.56 Å². The van der Waals surface area contributed by atoms with Crippen LogP contribution in [0.3, 0.4) is 0 Å². The van der Waals surface area contributed by atoms with E-state index in [1.54, 1.807) is 6.07 Å². The lowest BCUT2D eigenvalue weighted by atomic mass is 9.99. The Bertz CT molecular complexity index is 1440. The summed E-state index contributed by atoms with van der Waals surface area (Å²) in [6.45, 7) is 0. The van der Waals surface area contributed by atoms with Gasteiger partial charge in [-0.1, -0.05) is 18.2 Å². The van der Waals surface area contributed by atoms with E-state index in [4.69, 9.17) is 5.26 Å². The molecular formula is C25H22N6O. The smallest absolute Gasteiger partial charge is 0.274 e. The molecule has 0 radical (unpaired) electrons. The van der Waals surface area contributed by atoms with Gasteiger partial charge in [0, 0.05) is 18.2 Å². The molecule has 0 aliphatic heterocycles. The van der Waals surface area contributed by atoms with Crippen LogP contribution in [0.4, 0.5) is 11.6 Å². The number of aromatic nitrogens is 4. The third-order valence-corrected chi connectivity index (χ3v) is 6.54. The van der Waals surface area contributed by atoms with Crippen LogP contribution in [-0.2, 0) is 32.1 Å². The molecule has 7 heteroatoms. The number of nitrogens with zero attached hydrogens (tertiary/aromatic N) is 4. The molecule has 4 aromatic rings. The number of nitrogens with one attached hydrogen (secondary N) is 2. The number of nitriles is 1. The summed E-state index contributed by atoms with van der Waals surface area (Å²) >= 11 is 0. The van der Waals surface area contributed by atoms with E-state index in [1.165, 1.54) is 51.4 Å². The molecule has 0 unspecified atom stereocenters. The molecule has 32 heavy (non-hydrogen) atoms. The van der Waals surface area contributed by atoms with Crippen LogP contribution in [0.25, 0.3) is 5.78 Å². The quantitative estimate of drug-likeness (QED) is 0.524. The SMILES string of the molecule is N#Cc1cccc(Cc2cc(=O)n3[nH]c(Nc4c5c(cc6c4CCC6)CCC5)nc3n2)c1. The van der Waals surface area contributed by atoms with E-state index in [0.29, 0.717) is 29.4 Å². The molecule has 0 fully saturated rings. The summed E-state index contributed by atoms with van der Waals surface area (Å²) in [6, 6.07) is 13.4. The fourth-order valence-corrected chi connectivity index (χ4v) is 5.12. The van der Waals surface area contributed by atoms with E-state index in [1.807, 2.05) is 18.2 Å². The topological polar surface area (TPSA) is 98.9 Å². The molecule has 2 aliphatic carbocycles. The molecule has 2 aromatic carbocycles. The number of aryl methyl sites for hydroxylation is 2. The maximum atomic E-state index is 12.7. The summed E-state index contributed by atoms with van der Waals surface area (Å²) in [4.78, 5) is 21.9. The Morgan fingerprint density at radius 2 is 1.81 bits per heavy atom. The summed E-state index contributed by atoms with van der Waals surface area (Å²) in [7, 11) is 0. The lowest BCUT2D eigenvalue weighted by Crippen LogP contribution is -2.16. The van der Waals surface area contributed by atoms with Crippen LogP contribution in [0.1, 0.15) is 51.9 Å². The molecule has 2 N–H and O–H groups in total. The molecule has 158 valence electrons. The first-order valence-electron chi connectivity index (χ1n) is 11.1. The first-order valence-corrected chi connectivity index (χ1v) is 11.1. The highest BCUT2D eigenvalue weighted by Gasteiger charge is 2.24. The Hall–Kier alpha value is -3.92. The van der Waals surface area contributed by atoms with Gasteiger partial charge in [-0.05, 0) is 78.5 Å². The van der Waals surface area contributed by atoms with Gasteiger partial charge in [-0.25, -0.2) is 4.98 Å². The van der Waals surface area contributed by atoms with Crippen LogP contribution in [0.15, 0.2) is 41.2 Å². The number of benzene rings is 2. The van der Waals surface area contributed by atoms with Crippen molar-refractivity contribution >= 4 is 17.4 Å². The van der Waals surface area contributed by atoms with Crippen LogP contribution in [-0.4, -0.2) is 19.6 Å². The molecule has 0 amide bonds. The summed E-state index contributed by atoms with van der Waals surface area (Å²) in [5, 5.41) is 15.7. The minimum absolute atomic E-state index is 0.203. The largest absolute Gasteiger partial charge is 0.324 e. The highest BCUT2D eigenvalue weighted by Crippen LogP contribution is 2.39. The third kappa shape index (κ3) is 3.16. The van der Waals surface area contributed by atoms with E-state index in [0.717, 1.165) is 31.2 Å². The molecule has 0 saturated carbocycles. The Labute approximate surface area is 184 Å². The van der Waals surface area contributed by atoms with Gasteiger partial charge in [-0.2, -0.15) is 14.8 Å². The van der Waals surface area contributed by atoms with Gasteiger partial charge in [0.2, 0.25) is 5.95 Å². The molecule has 7 nitrogen and oxygen atoms in total. The Balaban J connectivity index is 1.36. The van der Waals surface area contributed by atoms with Crippen molar-refractivity contribution in [1.82, 2.24) is 19.6 Å². The van der Waals surface area contributed by atoms with Crippen molar-refractivity contribution in [3.05, 3.63) is 85.8 Å². The summed E-state index contributed by atoms with van der Waals surface area (Å²) in [5.41, 5.74) is 8.80. The Morgan fingerprint density at radius 1 is 1.03 bits per heavy atom. The maximum absolute atomic E-state index is 12.7. The number of rotatable bonds is 4. The summed E-state index contributed by atoms with van der Waals surface area (Å²) < 4.78 is 1.38. The molecule has 0 saturated heterocycles. The monoisotopic (exact) mass is 422 g/mol. The van der Waals surface area contributed by atoms with Gasteiger partial charge in [0.1, 0.15) is 0 Å². The fourth-order valence-electron chi connectivity index (χ4n) is 5.12. The maximum Gasteiger partial charge on any atom is 0.274 e. The van der Waals surface area contributed by atoms with Crippen molar-refractivity contribution in [2.24, 2.45) is 0 Å².